The van der Waals surface area contributed by atoms with Gasteiger partial charge >= 0.3 is 0 Å². The molecule has 108 valence electrons. The van der Waals surface area contributed by atoms with Crippen molar-refractivity contribution in [3.05, 3.63) is 33.8 Å². The Hall–Kier alpha value is -0.770. The highest BCUT2D eigenvalue weighted by atomic mass is 35.5. The lowest BCUT2D eigenvalue weighted by Crippen LogP contribution is -2.32. The molecule has 1 aliphatic heterocycles. The van der Waals surface area contributed by atoms with Crippen LogP contribution in [0.2, 0.25) is 10.0 Å². The average molecular weight is 313 g/mol. The topological polar surface area (TPSA) is 46.3 Å². The van der Waals surface area contributed by atoms with E-state index in [1.807, 2.05) is 4.90 Å². The monoisotopic (exact) mass is 312 g/mol. The van der Waals surface area contributed by atoms with Crippen LogP contribution in [-0.4, -0.2) is 29.9 Å². The van der Waals surface area contributed by atoms with Crippen LogP contribution in [0.5, 0.6) is 0 Å². The van der Waals surface area contributed by atoms with Crippen molar-refractivity contribution in [1.29, 1.82) is 0 Å². The molecule has 1 saturated heterocycles. The highest BCUT2D eigenvalue weighted by molar-refractivity contribution is 6.42. The number of hydrogen-bond acceptors (Lipinski definition) is 2. The Labute approximate surface area is 129 Å². The van der Waals surface area contributed by atoms with Crippen molar-refractivity contribution in [1.82, 2.24) is 4.90 Å². The number of amides is 1. The first-order chi connectivity index (χ1) is 9.54. The third-order valence-electron chi connectivity index (χ3n) is 4.54. The Kier molecular flexibility index (Phi) is 3.93. The molecule has 1 aromatic carbocycles. The summed E-state index contributed by atoms with van der Waals surface area (Å²) in [4.78, 5) is 14.5. The smallest absolute Gasteiger partial charge is 0.253 e. The van der Waals surface area contributed by atoms with E-state index in [4.69, 9.17) is 28.9 Å². The van der Waals surface area contributed by atoms with Crippen molar-refractivity contribution in [3.8, 4) is 0 Å². The first kappa shape index (κ1) is 14.2. The van der Waals surface area contributed by atoms with E-state index >= 15 is 0 Å². The molecule has 1 unspecified atom stereocenters. The number of benzene rings is 1. The van der Waals surface area contributed by atoms with Gasteiger partial charge in [0.1, 0.15) is 0 Å². The molecule has 3 atom stereocenters. The third-order valence-corrected chi connectivity index (χ3v) is 5.28. The van der Waals surface area contributed by atoms with E-state index in [2.05, 4.69) is 0 Å². The van der Waals surface area contributed by atoms with Crippen molar-refractivity contribution >= 4 is 29.1 Å². The Balaban J connectivity index is 1.73. The quantitative estimate of drug-likeness (QED) is 0.865. The van der Waals surface area contributed by atoms with Gasteiger partial charge in [0, 0.05) is 24.7 Å². The molecule has 0 aromatic heterocycles. The minimum atomic E-state index is 0.0477. The predicted molar refractivity (Wildman–Crippen MR) is 81.2 cm³/mol. The number of carbonyl (C=O) groups excluding carboxylic acids is 1. The second kappa shape index (κ2) is 5.55. The largest absolute Gasteiger partial charge is 0.338 e. The van der Waals surface area contributed by atoms with Gasteiger partial charge in [-0.3, -0.25) is 4.79 Å². The van der Waals surface area contributed by atoms with Crippen LogP contribution >= 0.6 is 23.2 Å². The number of rotatable bonds is 1. The summed E-state index contributed by atoms with van der Waals surface area (Å²) in [6.45, 7) is 1.66. The van der Waals surface area contributed by atoms with E-state index in [1.54, 1.807) is 18.2 Å². The number of likely N-dealkylation sites (tertiary alicyclic amines) is 1. The molecule has 2 fully saturated rings. The predicted octanol–water partition coefficient (Wildman–Crippen LogP) is 3.19. The van der Waals surface area contributed by atoms with Crippen LogP contribution in [0, 0.1) is 11.8 Å². The minimum Gasteiger partial charge on any atom is -0.338 e. The van der Waals surface area contributed by atoms with Gasteiger partial charge in [-0.15, -0.1) is 0 Å². The van der Waals surface area contributed by atoms with Gasteiger partial charge in [-0.2, -0.15) is 0 Å². The van der Waals surface area contributed by atoms with E-state index in [9.17, 15) is 4.79 Å². The summed E-state index contributed by atoms with van der Waals surface area (Å²) in [5, 5.41) is 0.903. The molecule has 1 aliphatic carbocycles. The number of nitrogens with two attached hydrogens (primary N) is 1. The maximum absolute atomic E-state index is 12.5. The molecule has 1 amide bonds. The SMILES string of the molecule is NC1CC[C@@H]2CN(C(=O)c3ccc(Cl)c(Cl)c3)C[C@@H]2C1. The fourth-order valence-electron chi connectivity index (χ4n) is 3.45. The van der Waals surface area contributed by atoms with E-state index in [0.717, 1.165) is 32.4 Å². The van der Waals surface area contributed by atoms with Gasteiger partial charge in [0.05, 0.1) is 10.0 Å². The van der Waals surface area contributed by atoms with Gasteiger partial charge in [-0.1, -0.05) is 23.2 Å². The van der Waals surface area contributed by atoms with E-state index in [-0.39, 0.29) is 5.91 Å². The molecule has 5 heteroatoms. The number of fused-ring (bicyclic) bond motifs is 1. The molecule has 1 aromatic rings. The molecular weight excluding hydrogens is 295 g/mol. The van der Waals surface area contributed by atoms with Gasteiger partial charge in [0.25, 0.3) is 5.91 Å². The fourth-order valence-corrected chi connectivity index (χ4v) is 3.74. The normalized spacial score (nSPS) is 29.4. The van der Waals surface area contributed by atoms with Crippen molar-refractivity contribution in [2.75, 3.05) is 13.1 Å². The molecule has 2 N–H and O–H groups in total. The minimum absolute atomic E-state index is 0.0477. The van der Waals surface area contributed by atoms with Gasteiger partial charge in [0.2, 0.25) is 0 Å². The molecule has 0 bridgehead atoms. The van der Waals surface area contributed by atoms with Gasteiger partial charge in [-0.05, 0) is 49.3 Å². The fraction of sp³-hybridized carbons (Fsp3) is 0.533. The third kappa shape index (κ3) is 2.67. The summed E-state index contributed by atoms with van der Waals surface area (Å²) in [5.41, 5.74) is 6.64. The van der Waals surface area contributed by atoms with E-state index in [0.29, 0.717) is 33.5 Å². The van der Waals surface area contributed by atoms with E-state index in [1.165, 1.54) is 0 Å². The molecule has 1 heterocycles. The van der Waals surface area contributed by atoms with Crippen molar-refractivity contribution < 1.29 is 4.79 Å². The Bertz CT molecular complexity index is 535. The molecule has 0 radical (unpaired) electrons. The van der Waals surface area contributed by atoms with Crippen LogP contribution in [0.1, 0.15) is 29.6 Å². The molecular formula is C15H18Cl2N2O. The summed E-state index contributed by atoms with van der Waals surface area (Å²) in [5.74, 6) is 1.22. The number of hydrogen-bond donors (Lipinski definition) is 1. The lowest BCUT2D eigenvalue weighted by Gasteiger charge is -2.27. The van der Waals surface area contributed by atoms with Crippen molar-refractivity contribution in [2.24, 2.45) is 17.6 Å². The Morgan fingerprint density at radius 2 is 1.90 bits per heavy atom. The van der Waals surface area contributed by atoms with E-state index < -0.39 is 0 Å². The first-order valence-corrected chi connectivity index (χ1v) is 7.80. The molecule has 3 rings (SSSR count). The molecule has 1 saturated carbocycles. The lowest BCUT2D eigenvalue weighted by molar-refractivity contribution is 0.0784. The first-order valence-electron chi connectivity index (χ1n) is 7.04. The molecule has 20 heavy (non-hydrogen) atoms. The number of carbonyl (C=O) groups is 1. The second-order valence-electron chi connectivity index (χ2n) is 5.93. The Morgan fingerprint density at radius 3 is 2.65 bits per heavy atom. The highest BCUT2D eigenvalue weighted by Gasteiger charge is 2.38. The summed E-state index contributed by atoms with van der Waals surface area (Å²) < 4.78 is 0. The van der Waals surface area contributed by atoms with Gasteiger partial charge in [-0.25, -0.2) is 0 Å². The van der Waals surface area contributed by atoms with Crippen LogP contribution in [0.25, 0.3) is 0 Å². The summed E-state index contributed by atoms with van der Waals surface area (Å²) in [6, 6.07) is 5.37. The highest BCUT2D eigenvalue weighted by Crippen LogP contribution is 2.36. The van der Waals surface area contributed by atoms with Crippen LogP contribution < -0.4 is 5.73 Å². The maximum atomic E-state index is 12.5. The summed E-state index contributed by atoms with van der Waals surface area (Å²) in [7, 11) is 0. The zero-order valence-corrected chi connectivity index (χ0v) is 12.7. The van der Waals surface area contributed by atoms with Crippen LogP contribution in [0.3, 0.4) is 0 Å². The second-order valence-corrected chi connectivity index (χ2v) is 6.75. The zero-order valence-electron chi connectivity index (χ0n) is 11.2. The van der Waals surface area contributed by atoms with Crippen molar-refractivity contribution in [3.63, 3.8) is 0 Å². The summed E-state index contributed by atoms with van der Waals surface area (Å²) in [6.07, 6.45) is 3.25. The molecule has 3 nitrogen and oxygen atoms in total. The molecule has 0 spiro atoms. The van der Waals surface area contributed by atoms with Crippen LogP contribution in [0.4, 0.5) is 0 Å². The van der Waals surface area contributed by atoms with Crippen LogP contribution in [-0.2, 0) is 0 Å². The lowest BCUT2D eigenvalue weighted by atomic mass is 9.79. The van der Waals surface area contributed by atoms with Gasteiger partial charge in [0.15, 0.2) is 0 Å². The Morgan fingerprint density at radius 1 is 1.15 bits per heavy atom. The van der Waals surface area contributed by atoms with Crippen molar-refractivity contribution in [2.45, 2.75) is 25.3 Å². The van der Waals surface area contributed by atoms with Crippen LogP contribution in [0.15, 0.2) is 18.2 Å². The average Bonchev–Trinajstić information content (AvgIpc) is 2.84. The standard InChI is InChI=1S/C15H18Cl2N2O/c16-13-4-2-9(6-14(13)17)15(20)19-7-10-1-3-12(18)5-11(10)8-19/h2,4,6,10-12H,1,3,5,7-8,18H2/t10-,11+,12?/m1/s1. The summed E-state index contributed by atoms with van der Waals surface area (Å²) >= 11 is 11.9. The number of nitrogens with zero attached hydrogens (tertiary/aromatic N) is 1. The maximum Gasteiger partial charge on any atom is 0.253 e. The molecule has 2 aliphatic rings. The zero-order chi connectivity index (χ0) is 14.3. The van der Waals surface area contributed by atoms with Gasteiger partial charge < -0.3 is 10.6 Å². The number of halogens is 2.